The number of rotatable bonds is 4. The molecular formula is C15H15BrFN3. The predicted octanol–water partition coefficient (Wildman–Crippen LogP) is 3.51. The zero-order valence-corrected chi connectivity index (χ0v) is 12.6. The molecule has 0 saturated heterocycles. The van der Waals surface area contributed by atoms with Gasteiger partial charge in [-0.15, -0.1) is 0 Å². The van der Waals surface area contributed by atoms with E-state index < -0.39 is 0 Å². The molecular weight excluding hydrogens is 321 g/mol. The first-order chi connectivity index (χ1) is 9.47. The summed E-state index contributed by atoms with van der Waals surface area (Å²) in [4.78, 5) is 1.94. The number of amidine groups is 1. The lowest BCUT2D eigenvalue weighted by Crippen LogP contribution is -2.22. The molecule has 0 saturated carbocycles. The van der Waals surface area contributed by atoms with Crippen LogP contribution in [0.15, 0.2) is 46.9 Å². The average molecular weight is 336 g/mol. The van der Waals surface area contributed by atoms with E-state index in [0.29, 0.717) is 12.1 Å². The van der Waals surface area contributed by atoms with Crippen LogP contribution in [0.4, 0.5) is 10.1 Å². The lowest BCUT2D eigenvalue weighted by molar-refractivity contribution is 0.625. The second kappa shape index (κ2) is 6.05. The van der Waals surface area contributed by atoms with Crippen LogP contribution in [0.2, 0.25) is 0 Å². The Labute approximate surface area is 125 Å². The van der Waals surface area contributed by atoms with Gasteiger partial charge in [-0.1, -0.05) is 28.1 Å². The number of nitrogens with two attached hydrogens (primary N) is 1. The minimum Gasteiger partial charge on any atom is -0.384 e. The van der Waals surface area contributed by atoms with Gasteiger partial charge in [0.1, 0.15) is 11.7 Å². The van der Waals surface area contributed by atoms with Crippen molar-refractivity contribution in [2.24, 2.45) is 5.73 Å². The molecule has 0 bridgehead atoms. The summed E-state index contributed by atoms with van der Waals surface area (Å²) in [6.07, 6.45) is 0. The summed E-state index contributed by atoms with van der Waals surface area (Å²) < 4.78 is 14.1. The SMILES string of the molecule is CN(Cc1cccc(F)c1)c1cc(Br)ccc1C(=N)N. The first kappa shape index (κ1) is 14.5. The largest absolute Gasteiger partial charge is 0.384 e. The number of anilines is 1. The molecule has 3 N–H and O–H groups in total. The van der Waals surface area contributed by atoms with E-state index in [1.807, 2.05) is 30.1 Å². The minimum absolute atomic E-state index is 0.0126. The fraction of sp³-hybridized carbons (Fsp3) is 0.133. The van der Waals surface area contributed by atoms with Crippen molar-refractivity contribution in [3.05, 3.63) is 63.9 Å². The predicted molar refractivity (Wildman–Crippen MR) is 83.7 cm³/mol. The van der Waals surface area contributed by atoms with Crippen molar-refractivity contribution in [1.82, 2.24) is 0 Å². The van der Waals surface area contributed by atoms with Crippen LogP contribution in [0.25, 0.3) is 0 Å². The third kappa shape index (κ3) is 3.36. The molecule has 0 atom stereocenters. The zero-order chi connectivity index (χ0) is 14.7. The summed E-state index contributed by atoms with van der Waals surface area (Å²) in [7, 11) is 1.89. The van der Waals surface area contributed by atoms with E-state index in [1.165, 1.54) is 12.1 Å². The van der Waals surface area contributed by atoms with Crippen molar-refractivity contribution in [3.63, 3.8) is 0 Å². The molecule has 5 heteroatoms. The Bertz CT molecular complexity index is 643. The molecule has 2 aromatic rings. The monoisotopic (exact) mass is 335 g/mol. The van der Waals surface area contributed by atoms with Gasteiger partial charge in [0, 0.05) is 29.3 Å². The lowest BCUT2D eigenvalue weighted by Gasteiger charge is -2.22. The molecule has 0 heterocycles. The van der Waals surface area contributed by atoms with Gasteiger partial charge >= 0.3 is 0 Å². The third-order valence-electron chi connectivity index (χ3n) is 2.97. The summed E-state index contributed by atoms with van der Waals surface area (Å²) in [6, 6.07) is 12.0. The molecule has 0 aliphatic heterocycles. The summed E-state index contributed by atoms with van der Waals surface area (Å²) in [5.74, 6) is -0.240. The van der Waals surface area contributed by atoms with E-state index in [-0.39, 0.29) is 11.7 Å². The van der Waals surface area contributed by atoms with E-state index in [9.17, 15) is 4.39 Å². The highest BCUT2D eigenvalue weighted by molar-refractivity contribution is 9.10. The molecule has 0 aliphatic rings. The Hall–Kier alpha value is -1.88. The molecule has 2 rings (SSSR count). The average Bonchev–Trinajstić information content (AvgIpc) is 2.38. The molecule has 0 fully saturated rings. The number of hydrogen-bond acceptors (Lipinski definition) is 2. The first-order valence-corrected chi connectivity index (χ1v) is 6.86. The van der Waals surface area contributed by atoms with Crippen molar-refractivity contribution >= 4 is 27.5 Å². The van der Waals surface area contributed by atoms with E-state index in [1.54, 1.807) is 12.1 Å². The van der Waals surface area contributed by atoms with Crippen molar-refractivity contribution in [3.8, 4) is 0 Å². The molecule has 104 valence electrons. The van der Waals surface area contributed by atoms with Crippen LogP contribution in [0.5, 0.6) is 0 Å². The number of halogens is 2. The Kier molecular flexibility index (Phi) is 4.39. The number of hydrogen-bond donors (Lipinski definition) is 2. The number of nitrogen functional groups attached to an aromatic ring is 1. The Morgan fingerprint density at radius 3 is 2.70 bits per heavy atom. The minimum atomic E-state index is -0.253. The van der Waals surface area contributed by atoms with Gasteiger partial charge in [-0.2, -0.15) is 0 Å². The quantitative estimate of drug-likeness (QED) is 0.663. The second-order valence-electron chi connectivity index (χ2n) is 4.56. The van der Waals surface area contributed by atoms with E-state index in [4.69, 9.17) is 11.1 Å². The molecule has 0 unspecified atom stereocenters. The highest BCUT2D eigenvalue weighted by Crippen LogP contribution is 2.25. The van der Waals surface area contributed by atoms with Gasteiger partial charge in [0.15, 0.2) is 0 Å². The van der Waals surface area contributed by atoms with Gasteiger partial charge in [-0.05, 0) is 35.9 Å². The van der Waals surface area contributed by atoms with Crippen molar-refractivity contribution < 1.29 is 4.39 Å². The maximum atomic E-state index is 13.2. The third-order valence-corrected chi connectivity index (χ3v) is 3.46. The normalized spacial score (nSPS) is 10.3. The molecule has 0 aliphatic carbocycles. The van der Waals surface area contributed by atoms with Crippen LogP contribution in [0, 0.1) is 11.2 Å². The Morgan fingerprint density at radius 2 is 2.05 bits per heavy atom. The van der Waals surface area contributed by atoms with Gasteiger partial charge in [0.25, 0.3) is 0 Å². The van der Waals surface area contributed by atoms with E-state index >= 15 is 0 Å². The van der Waals surface area contributed by atoms with Crippen LogP contribution in [0.3, 0.4) is 0 Å². The molecule has 0 radical (unpaired) electrons. The van der Waals surface area contributed by atoms with Gasteiger partial charge in [0.2, 0.25) is 0 Å². The first-order valence-electron chi connectivity index (χ1n) is 6.07. The number of nitrogens with zero attached hydrogens (tertiary/aromatic N) is 1. The van der Waals surface area contributed by atoms with Crippen LogP contribution in [0.1, 0.15) is 11.1 Å². The van der Waals surface area contributed by atoms with Crippen molar-refractivity contribution in [1.29, 1.82) is 5.41 Å². The summed E-state index contributed by atoms with van der Waals surface area (Å²) in [5.41, 5.74) is 7.95. The van der Waals surface area contributed by atoms with Gasteiger partial charge in [-0.25, -0.2) is 4.39 Å². The zero-order valence-electron chi connectivity index (χ0n) is 11.0. The van der Waals surface area contributed by atoms with E-state index in [0.717, 1.165) is 15.7 Å². The Balaban J connectivity index is 2.31. The molecule has 0 aromatic heterocycles. The van der Waals surface area contributed by atoms with Crippen LogP contribution in [-0.4, -0.2) is 12.9 Å². The molecule has 0 amide bonds. The molecule has 0 spiro atoms. The standard InChI is InChI=1S/C15H15BrFN3/c1-20(9-10-3-2-4-12(17)7-10)14-8-11(16)5-6-13(14)15(18)19/h2-8H,9H2,1H3,(H3,18,19). The number of nitrogens with one attached hydrogen (secondary N) is 1. The van der Waals surface area contributed by atoms with Gasteiger partial charge < -0.3 is 10.6 Å². The highest BCUT2D eigenvalue weighted by atomic mass is 79.9. The van der Waals surface area contributed by atoms with Gasteiger partial charge in [0.05, 0.1) is 0 Å². The van der Waals surface area contributed by atoms with E-state index in [2.05, 4.69) is 15.9 Å². The summed E-state index contributed by atoms with van der Waals surface area (Å²) in [6.45, 7) is 0.536. The smallest absolute Gasteiger partial charge is 0.124 e. The van der Waals surface area contributed by atoms with Crippen LogP contribution in [-0.2, 0) is 6.54 Å². The lowest BCUT2D eigenvalue weighted by atomic mass is 10.1. The fourth-order valence-corrected chi connectivity index (χ4v) is 2.39. The maximum Gasteiger partial charge on any atom is 0.124 e. The highest BCUT2D eigenvalue weighted by Gasteiger charge is 2.11. The van der Waals surface area contributed by atoms with Crippen molar-refractivity contribution in [2.75, 3.05) is 11.9 Å². The molecule has 20 heavy (non-hydrogen) atoms. The maximum absolute atomic E-state index is 13.2. The topological polar surface area (TPSA) is 53.1 Å². The van der Waals surface area contributed by atoms with Crippen LogP contribution >= 0.6 is 15.9 Å². The van der Waals surface area contributed by atoms with Crippen molar-refractivity contribution in [2.45, 2.75) is 6.54 Å². The Morgan fingerprint density at radius 1 is 1.30 bits per heavy atom. The van der Waals surface area contributed by atoms with Crippen LogP contribution < -0.4 is 10.6 Å². The summed E-state index contributed by atoms with van der Waals surface area (Å²) in [5, 5.41) is 7.63. The number of benzene rings is 2. The molecule has 3 nitrogen and oxygen atoms in total. The summed E-state index contributed by atoms with van der Waals surface area (Å²) >= 11 is 3.41. The van der Waals surface area contributed by atoms with Gasteiger partial charge in [-0.3, -0.25) is 5.41 Å². The molecule has 2 aromatic carbocycles. The fourth-order valence-electron chi connectivity index (χ4n) is 2.04. The second-order valence-corrected chi connectivity index (χ2v) is 5.48.